The van der Waals surface area contributed by atoms with Crippen LogP contribution in [0.15, 0.2) is 0 Å². The number of halogens is 12. The fourth-order valence-corrected chi connectivity index (χ4v) is 5.62. The van der Waals surface area contributed by atoms with E-state index in [1.54, 1.807) is 0 Å². The molecule has 0 aliphatic heterocycles. The summed E-state index contributed by atoms with van der Waals surface area (Å²) in [4.78, 5) is 0. The van der Waals surface area contributed by atoms with Gasteiger partial charge in [-0.3, -0.25) is 0 Å². The van der Waals surface area contributed by atoms with Crippen LogP contribution >= 0.6 is 0 Å². The van der Waals surface area contributed by atoms with Gasteiger partial charge in [-0.25, -0.2) is 0 Å². The molecule has 1 N–H and O–H groups in total. The predicted molar refractivity (Wildman–Crippen MR) is 81.8 cm³/mol. The summed E-state index contributed by atoms with van der Waals surface area (Å²) < 4.78 is 174. The summed E-state index contributed by atoms with van der Waals surface area (Å²) >= 11 is 0. The average molecular weight is 500 g/mol. The van der Waals surface area contributed by atoms with Crippen LogP contribution in [0.5, 0.6) is 0 Å². The summed E-state index contributed by atoms with van der Waals surface area (Å²) in [7, 11) is 0.627. The van der Waals surface area contributed by atoms with Crippen molar-refractivity contribution in [1.82, 2.24) is 0 Å². The minimum atomic E-state index is -6.62. The van der Waals surface area contributed by atoms with Crippen molar-refractivity contribution in [2.75, 3.05) is 13.9 Å². The number of rotatable bonds is 5. The normalized spacial score (nSPS) is 32.6. The molecule has 6 unspecified atom stereocenters. The van der Waals surface area contributed by atoms with Crippen molar-refractivity contribution in [2.24, 2.45) is 35.5 Å². The van der Waals surface area contributed by atoms with Crippen LogP contribution in [0, 0.1) is 35.5 Å². The maximum atomic E-state index is 14.0. The molecule has 2 rings (SSSR count). The Balaban J connectivity index is 2.92. The topological polar surface area (TPSA) is 38.7 Å². The summed E-state index contributed by atoms with van der Waals surface area (Å²) in [6, 6.07) is 0. The number of hydrogen-bond acceptors (Lipinski definition) is 3. The van der Waals surface area contributed by atoms with Crippen LogP contribution in [0.4, 0.5) is 52.7 Å². The maximum Gasteiger partial charge on any atom is 0.426 e. The zero-order valence-corrected chi connectivity index (χ0v) is 16.7. The minimum absolute atomic E-state index is 0.627. The molecule has 3 nitrogen and oxygen atoms in total. The van der Waals surface area contributed by atoms with Gasteiger partial charge in [-0.1, -0.05) is 13.8 Å². The quantitative estimate of drug-likeness (QED) is 0.402. The molecule has 2 bridgehead atoms. The fraction of sp³-hybridized carbons (Fsp3) is 1.00. The van der Waals surface area contributed by atoms with Crippen molar-refractivity contribution in [3.05, 3.63) is 0 Å². The van der Waals surface area contributed by atoms with Crippen molar-refractivity contribution in [3.63, 3.8) is 0 Å². The third kappa shape index (κ3) is 3.56. The second kappa shape index (κ2) is 7.79. The van der Waals surface area contributed by atoms with Crippen molar-refractivity contribution in [3.8, 4) is 0 Å². The van der Waals surface area contributed by atoms with E-state index in [4.69, 9.17) is 0 Å². The molecule has 6 atom stereocenters. The van der Waals surface area contributed by atoms with Crippen molar-refractivity contribution in [1.29, 1.82) is 0 Å². The first-order chi connectivity index (χ1) is 14.1. The van der Waals surface area contributed by atoms with Crippen LogP contribution in [0.25, 0.3) is 0 Å². The summed E-state index contributed by atoms with van der Waals surface area (Å²) in [5.74, 6) is -13.1. The van der Waals surface area contributed by atoms with Crippen LogP contribution in [0.2, 0.25) is 0 Å². The smallest absolute Gasteiger partial charge is 0.373 e. The molecule has 0 aromatic heterocycles. The van der Waals surface area contributed by atoms with Crippen molar-refractivity contribution in [2.45, 2.75) is 56.2 Å². The lowest BCUT2D eigenvalue weighted by atomic mass is 9.58. The minimum Gasteiger partial charge on any atom is -0.373 e. The Hall–Kier alpha value is -0.960. The Morgan fingerprint density at radius 2 is 1.06 bits per heavy atom. The van der Waals surface area contributed by atoms with E-state index in [1.165, 1.54) is 0 Å². The van der Waals surface area contributed by atoms with E-state index in [1.807, 2.05) is 0 Å². The molecule has 2 aliphatic rings. The number of hydrogen-bond donors (Lipinski definition) is 1. The van der Waals surface area contributed by atoms with Gasteiger partial charge in [0, 0.05) is 18.9 Å². The van der Waals surface area contributed by atoms with Gasteiger partial charge in [0.15, 0.2) is 0 Å². The molecule has 32 heavy (non-hydrogen) atoms. The zero-order chi connectivity index (χ0) is 25.3. The third-order valence-electron chi connectivity index (χ3n) is 7.10. The second-order valence-electron chi connectivity index (χ2n) is 8.38. The van der Waals surface area contributed by atoms with Gasteiger partial charge in [0.1, 0.15) is 6.79 Å². The number of fused-ring (bicyclic) bond motifs is 2. The van der Waals surface area contributed by atoms with Gasteiger partial charge in [-0.2, -0.15) is 52.7 Å². The summed E-state index contributed by atoms with van der Waals surface area (Å²) in [5.41, 5.74) is -11.3. The molecule has 2 aliphatic carbocycles. The molecule has 0 heterocycles. The van der Waals surface area contributed by atoms with Crippen molar-refractivity contribution >= 4 is 0 Å². The first kappa shape index (κ1) is 27.3. The summed E-state index contributed by atoms with van der Waals surface area (Å²) in [6.45, 7) is 0.553. The number of methoxy groups -OCH3 is 1. The molecular weight excluding hydrogens is 480 g/mol. The van der Waals surface area contributed by atoms with Crippen LogP contribution in [0.1, 0.15) is 20.3 Å². The van der Waals surface area contributed by atoms with E-state index in [0.717, 1.165) is 13.8 Å². The van der Waals surface area contributed by atoms with Crippen LogP contribution in [0.3, 0.4) is 0 Å². The highest BCUT2D eigenvalue weighted by atomic mass is 19.4. The van der Waals surface area contributed by atoms with Gasteiger partial charge in [0.2, 0.25) is 0 Å². The molecule has 2 fully saturated rings. The Labute approximate surface area is 174 Å². The van der Waals surface area contributed by atoms with Gasteiger partial charge in [-0.05, 0) is 30.1 Å². The SMILES string of the molecule is COCOC(C1C2CC(C(C)C2C)C1C(O)(C(F)(F)F)C(F)(F)F)(C(F)(F)F)C(F)(F)F. The Morgan fingerprint density at radius 3 is 1.38 bits per heavy atom. The highest BCUT2D eigenvalue weighted by Gasteiger charge is 2.87. The van der Waals surface area contributed by atoms with Gasteiger partial charge in [0.25, 0.3) is 11.2 Å². The molecule has 190 valence electrons. The Bertz CT molecular complexity index is 652. The Morgan fingerprint density at radius 1 is 0.688 bits per heavy atom. The van der Waals surface area contributed by atoms with E-state index < -0.39 is 84.6 Å². The standard InChI is InChI=1S/C17H20F12O3/c1-6-7(2)9-4-8(6)10(12(30,14(18,19)20)15(21,22)23)11(9)13(16(24,25)26,17(27,28)29)32-5-31-3/h6-11,30H,4-5H2,1-3H3. The molecule has 0 saturated heterocycles. The molecule has 0 aromatic rings. The van der Waals surface area contributed by atoms with Gasteiger partial charge in [0.05, 0.1) is 0 Å². The molecule has 0 amide bonds. The lowest BCUT2D eigenvalue weighted by Crippen LogP contribution is -2.73. The van der Waals surface area contributed by atoms with Crippen LogP contribution in [-0.4, -0.2) is 54.9 Å². The van der Waals surface area contributed by atoms with E-state index in [2.05, 4.69) is 9.47 Å². The highest BCUT2D eigenvalue weighted by molar-refractivity contribution is 5.20. The second-order valence-corrected chi connectivity index (χ2v) is 8.38. The molecule has 0 radical (unpaired) electrons. The van der Waals surface area contributed by atoms with Crippen LogP contribution < -0.4 is 0 Å². The predicted octanol–water partition coefficient (Wildman–Crippen LogP) is 5.48. The van der Waals surface area contributed by atoms with E-state index in [0.29, 0.717) is 7.11 Å². The number of ether oxygens (including phenoxy) is 2. The summed E-state index contributed by atoms with van der Waals surface area (Å²) in [6.07, 6.45) is -27.0. The largest absolute Gasteiger partial charge is 0.426 e. The molecule has 0 aromatic carbocycles. The first-order valence-corrected chi connectivity index (χ1v) is 9.23. The lowest BCUT2D eigenvalue weighted by Gasteiger charge is -2.53. The van der Waals surface area contributed by atoms with E-state index >= 15 is 0 Å². The fourth-order valence-electron chi connectivity index (χ4n) is 5.62. The average Bonchev–Trinajstić information content (AvgIpc) is 3.08. The molecular formula is C17H20F12O3. The molecule has 15 heteroatoms. The van der Waals surface area contributed by atoms with E-state index in [-0.39, 0.29) is 0 Å². The highest BCUT2D eigenvalue weighted by Crippen LogP contribution is 2.71. The van der Waals surface area contributed by atoms with E-state index in [9.17, 15) is 57.8 Å². The summed E-state index contributed by atoms with van der Waals surface area (Å²) in [5, 5.41) is 9.93. The molecule has 2 saturated carbocycles. The van der Waals surface area contributed by atoms with Gasteiger partial charge < -0.3 is 14.6 Å². The zero-order valence-electron chi connectivity index (χ0n) is 16.7. The van der Waals surface area contributed by atoms with Crippen LogP contribution in [-0.2, 0) is 9.47 Å². The third-order valence-corrected chi connectivity index (χ3v) is 7.10. The molecule has 0 spiro atoms. The maximum absolute atomic E-state index is 14.0. The number of alkyl halides is 12. The van der Waals surface area contributed by atoms with Gasteiger partial charge in [-0.15, -0.1) is 0 Å². The van der Waals surface area contributed by atoms with Crippen molar-refractivity contribution < 1.29 is 67.3 Å². The monoisotopic (exact) mass is 500 g/mol. The Kier molecular flexibility index (Phi) is 6.64. The first-order valence-electron chi connectivity index (χ1n) is 9.23. The van der Waals surface area contributed by atoms with Gasteiger partial charge >= 0.3 is 24.7 Å². The lowest BCUT2D eigenvalue weighted by molar-refractivity contribution is -0.441. The number of aliphatic hydroxyl groups is 1.